The molecule has 2 aliphatic carbocycles. The quantitative estimate of drug-likeness (QED) is 0.502. The van der Waals surface area contributed by atoms with Gasteiger partial charge in [-0.25, -0.2) is 18.7 Å². The van der Waals surface area contributed by atoms with Crippen LogP contribution in [0.25, 0.3) is 16.7 Å². The molecule has 8 nitrogen and oxygen atoms in total. The molecule has 3 aromatic heterocycles. The summed E-state index contributed by atoms with van der Waals surface area (Å²) < 4.78 is 35.1. The number of aromatic nitrogens is 6. The molecule has 10 heteroatoms. The van der Waals surface area contributed by atoms with Crippen LogP contribution in [0.2, 0.25) is 0 Å². The van der Waals surface area contributed by atoms with Gasteiger partial charge in [0.15, 0.2) is 28.6 Å². The standard InChI is InChI=1S/C21H16F2N6O2/c1-28-8-24-20-18(28)21(30)29(9-25-20)7-16-26-19(27-31-16)17-12-4-11(5-13(12)17)10-2-3-14(22)15(23)6-10/h2-4,6,8-9,12-13,17H,5,7H2,1H3/t12-,13+,17+/m0/s1. The topological polar surface area (TPSA) is 91.6 Å². The molecule has 3 heterocycles. The summed E-state index contributed by atoms with van der Waals surface area (Å²) in [4.78, 5) is 25.4. The van der Waals surface area contributed by atoms with Gasteiger partial charge in [-0.15, -0.1) is 0 Å². The minimum Gasteiger partial charge on any atom is -0.337 e. The molecule has 1 saturated carbocycles. The fraction of sp³-hybridized carbons (Fsp3) is 0.286. The van der Waals surface area contributed by atoms with Crippen LogP contribution in [0.15, 0.2) is 46.2 Å². The summed E-state index contributed by atoms with van der Waals surface area (Å²) in [6.45, 7) is 0.123. The minimum atomic E-state index is -0.846. The highest BCUT2D eigenvalue weighted by atomic mass is 19.2. The summed E-state index contributed by atoms with van der Waals surface area (Å²) in [5.41, 5.74) is 2.29. The molecule has 156 valence electrons. The molecule has 0 bridgehead atoms. The number of fused-ring (bicyclic) bond motifs is 2. The van der Waals surface area contributed by atoms with Gasteiger partial charge in [0.25, 0.3) is 5.56 Å². The number of imidazole rings is 1. The normalized spacial score (nSPS) is 22.0. The monoisotopic (exact) mass is 422 g/mol. The zero-order valence-corrected chi connectivity index (χ0v) is 16.4. The van der Waals surface area contributed by atoms with Crippen molar-refractivity contribution in [3.8, 4) is 0 Å². The Bertz CT molecular complexity index is 1440. The zero-order valence-electron chi connectivity index (χ0n) is 16.4. The van der Waals surface area contributed by atoms with Crippen molar-refractivity contribution in [1.29, 1.82) is 0 Å². The number of allylic oxidation sites excluding steroid dienone is 2. The van der Waals surface area contributed by atoms with Gasteiger partial charge < -0.3 is 9.09 Å². The highest BCUT2D eigenvalue weighted by Crippen LogP contribution is 2.62. The molecular weight excluding hydrogens is 406 g/mol. The van der Waals surface area contributed by atoms with Crippen LogP contribution in [0.4, 0.5) is 8.78 Å². The molecule has 0 aliphatic heterocycles. The molecule has 3 atom stereocenters. The van der Waals surface area contributed by atoms with Gasteiger partial charge >= 0.3 is 0 Å². The third-order valence-corrected chi connectivity index (χ3v) is 6.16. The molecule has 0 amide bonds. The fourth-order valence-corrected chi connectivity index (χ4v) is 4.52. The van der Waals surface area contributed by atoms with Crippen molar-refractivity contribution in [1.82, 2.24) is 29.2 Å². The van der Waals surface area contributed by atoms with Gasteiger partial charge in [0.05, 0.1) is 6.33 Å². The Kier molecular flexibility index (Phi) is 3.74. The third kappa shape index (κ3) is 2.82. The van der Waals surface area contributed by atoms with E-state index in [9.17, 15) is 13.6 Å². The van der Waals surface area contributed by atoms with Crippen molar-refractivity contribution in [2.75, 3.05) is 0 Å². The lowest BCUT2D eigenvalue weighted by atomic mass is 10.0. The van der Waals surface area contributed by atoms with Crippen LogP contribution in [0.3, 0.4) is 0 Å². The fourth-order valence-electron chi connectivity index (χ4n) is 4.52. The molecule has 1 aromatic carbocycles. The van der Waals surface area contributed by atoms with Crippen molar-refractivity contribution in [3.05, 3.63) is 76.2 Å². The molecule has 0 unspecified atom stereocenters. The first-order valence-corrected chi connectivity index (χ1v) is 9.84. The van der Waals surface area contributed by atoms with Crippen molar-refractivity contribution in [2.24, 2.45) is 18.9 Å². The predicted octanol–water partition coefficient (Wildman–Crippen LogP) is 2.66. The van der Waals surface area contributed by atoms with Crippen molar-refractivity contribution < 1.29 is 13.3 Å². The van der Waals surface area contributed by atoms with Crippen LogP contribution in [0.5, 0.6) is 0 Å². The Morgan fingerprint density at radius 3 is 2.81 bits per heavy atom. The Labute approximate surface area is 173 Å². The summed E-state index contributed by atoms with van der Waals surface area (Å²) in [7, 11) is 1.74. The predicted molar refractivity (Wildman–Crippen MR) is 105 cm³/mol. The average molecular weight is 422 g/mol. The van der Waals surface area contributed by atoms with E-state index in [1.807, 2.05) is 0 Å². The van der Waals surface area contributed by atoms with Crippen molar-refractivity contribution >= 4 is 16.7 Å². The van der Waals surface area contributed by atoms with E-state index >= 15 is 0 Å². The summed E-state index contributed by atoms with van der Waals surface area (Å²) >= 11 is 0. The van der Waals surface area contributed by atoms with Crippen LogP contribution in [-0.4, -0.2) is 29.2 Å². The van der Waals surface area contributed by atoms with Crippen LogP contribution < -0.4 is 5.56 Å². The lowest BCUT2D eigenvalue weighted by molar-refractivity contribution is 0.364. The summed E-state index contributed by atoms with van der Waals surface area (Å²) in [6, 6.07) is 3.98. The van der Waals surface area contributed by atoms with E-state index in [1.54, 1.807) is 24.0 Å². The molecule has 0 N–H and O–H groups in total. The van der Waals surface area contributed by atoms with E-state index in [-0.39, 0.29) is 23.9 Å². The third-order valence-electron chi connectivity index (χ3n) is 6.16. The van der Waals surface area contributed by atoms with Gasteiger partial charge in [-0.3, -0.25) is 9.36 Å². The molecular formula is C21H16F2N6O2. The van der Waals surface area contributed by atoms with Gasteiger partial charge in [-0.1, -0.05) is 17.3 Å². The SMILES string of the molecule is Cn1cnc2ncn(Cc3nc([C@@H]4[C@H]5C=C(c6ccc(F)c(F)c6)C[C@H]54)no3)c(=O)c21. The van der Waals surface area contributed by atoms with Crippen LogP contribution in [0.1, 0.15) is 29.6 Å². The van der Waals surface area contributed by atoms with Gasteiger partial charge in [0.2, 0.25) is 5.89 Å². The second-order valence-electron chi connectivity index (χ2n) is 8.04. The largest absolute Gasteiger partial charge is 0.337 e. The van der Waals surface area contributed by atoms with Crippen LogP contribution in [0, 0.1) is 23.5 Å². The van der Waals surface area contributed by atoms with Gasteiger partial charge in [0.1, 0.15) is 12.9 Å². The molecule has 6 rings (SSSR count). The maximum absolute atomic E-state index is 13.5. The van der Waals surface area contributed by atoms with Crippen molar-refractivity contribution in [3.63, 3.8) is 0 Å². The van der Waals surface area contributed by atoms with E-state index in [0.717, 1.165) is 18.1 Å². The number of hydrogen-bond donors (Lipinski definition) is 0. The van der Waals surface area contributed by atoms with E-state index in [4.69, 9.17) is 4.52 Å². The molecule has 0 spiro atoms. The number of aryl methyl sites for hydroxylation is 1. The highest BCUT2D eigenvalue weighted by Gasteiger charge is 2.55. The number of halogens is 2. The van der Waals surface area contributed by atoms with E-state index in [1.165, 1.54) is 17.0 Å². The Hall–Kier alpha value is -3.69. The van der Waals surface area contributed by atoms with Gasteiger partial charge in [0, 0.05) is 13.0 Å². The maximum Gasteiger partial charge on any atom is 0.280 e. The highest BCUT2D eigenvalue weighted by molar-refractivity contribution is 5.71. The first-order chi connectivity index (χ1) is 15.0. The second-order valence-corrected chi connectivity index (χ2v) is 8.04. The zero-order chi connectivity index (χ0) is 21.3. The van der Waals surface area contributed by atoms with Crippen LogP contribution in [-0.2, 0) is 13.6 Å². The smallest absolute Gasteiger partial charge is 0.280 e. The Morgan fingerprint density at radius 1 is 1.19 bits per heavy atom. The molecule has 31 heavy (non-hydrogen) atoms. The molecule has 2 aliphatic rings. The maximum atomic E-state index is 13.5. The van der Waals surface area contributed by atoms with E-state index in [2.05, 4.69) is 26.2 Å². The van der Waals surface area contributed by atoms with Crippen molar-refractivity contribution in [2.45, 2.75) is 18.9 Å². The molecule has 0 radical (unpaired) electrons. The van der Waals surface area contributed by atoms with Gasteiger partial charge in [-0.2, -0.15) is 4.98 Å². The van der Waals surface area contributed by atoms with Crippen LogP contribution >= 0.6 is 0 Å². The Morgan fingerprint density at radius 2 is 2.03 bits per heavy atom. The number of rotatable bonds is 4. The molecule has 1 fully saturated rings. The summed E-state index contributed by atoms with van der Waals surface area (Å²) in [5.74, 6) is -0.0363. The first kappa shape index (κ1) is 18.1. The number of benzene rings is 1. The molecule has 0 saturated heterocycles. The van der Waals surface area contributed by atoms with Gasteiger partial charge in [-0.05, 0) is 41.5 Å². The lowest BCUT2D eigenvalue weighted by Crippen LogP contribution is -2.22. The number of nitrogens with zero attached hydrogens (tertiary/aromatic N) is 6. The lowest BCUT2D eigenvalue weighted by Gasteiger charge is -2.06. The summed E-state index contributed by atoms with van der Waals surface area (Å²) in [5, 5.41) is 4.10. The minimum absolute atomic E-state index is 0.123. The van der Waals surface area contributed by atoms with E-state index < -0.39 is 11.6 Å². The Balaban J connectivity index is 1.20. The first-order valence-electron chi connectivity index (χ1n) is 9.84. The average Bonchev–Trinajstić information content (AvgIpc) is 3.18. The summed E-state index contributed by atoms with van der Waals surface area (Å²) in [6.07, 6.45) is 5.81. The second kappa shape index (κ2) is 6.40. The molecule has 4 aromatic rings. The van der Waals surface area contributed by atoms with E-state index in [0.29, 0.717) is 34.4 Å². The number of hydrogen-bond acceptors (Lipinski definition) is 6.